The number of rotatable bonds is 6. The van der Waals surface area contributed by atoms with E-state index in [9.17, 15) is 9.18 Å². The lowest BCUT2D eigenvalue weighted by atomic mass is 10.0. The van der Waals surface area contributed by atoms with Crippen molar-refractivity contribution in [2.75, 3.05) is 37.0 Å². The van der Waals surface area contributed by atoms with E-state index in [1.807, 2.05) is 31.1 Å². The third kappa shape index (κ3) is 4.37. The van der Waals surface area contributed by atoms with E-state index >= 15 is 0 Å². The van der Waals surface area contributed by atoms with E-state index in [0.29, 0.717) is 6.54 Å². The molecule has 3 aromatic rings. The molecule has 0 bridgehead atoms. The molecule has 160 valence electrons. The van der Waals surface area contributed by atoms with Crippen LogP contribution in [0.15, 0.2) is 66.7 Å². The number of para-hydroxylation sites is 1. The van der Waals surface area contributed by atoms with Crippen LogP contribution in [0.3, 0.4) is 0 Å². The van der Waals surface area contributed by atoms with Crippen LogP contribution in [0.1, 0.15) is 27.5 Å². The van der Waals surface area contributed by atoms with Gasteiger partial charge in [0, 0.05) is 38.6 Å². The highest BCUT2D eigenvalue weighted by Gasteiger charge is 2.28. The van der Waals surface area contributed by atoms with Gasteiger partial charge in [0.2, 0.25) is 0 Å². The van der Waals surface area contributed by atoms with E-state index in [2.05, 4.69) is 46.6 Å². The fourth-order valence-corrected chi connectivity index (χ4v) is 4.33. The first-order valence-corrected chi connectivity index (χ1v) is 10.7. The molecule has 0 aromatic heterocycles. The second kappa shape index (κ2) is 8.98. The molecule has 1 heterocycles. The Labute approximate surface area is 187 Å². The molecule has 1 N–H and O–H groups in total. The van der Waals surface area contributed by atoms with E-state index in [1.165, 1.54) is 29.4 Å². The SMILES string of the molecule is CN(C)c1ccc(C(CNC(=O)c2c(F)cccc2Cl)N2CCc3ccccc32)cc1. The van der Waals surface area contributed by atoms with Gasteiger partial charge in [-0.2, -0.15) is 0 Å². The topological polar surface area (TPSA) is 35.6 Å². The molecule has 0 aliphatic carbocycles. The summed E-state index contributed by atoms with van der Waals surface area (Å²) in [6, 6.07) is 20.8. The molecule has 6 heteroatoms. The summed E-state index contributed by atoms with van der Waals surface area (Å²) in [5, 5.41) is 3.02. The number of anilines is 2. The van der Waals surface area contributed by atoms with Crippen LogP contribution in [0.4, 0.5) is 15.8 Å². The summed E-state index contributed by atoms with van der Waals surface area (Å²) in [7, 11) is 4.00. The third-order valence-corrected chi connectivity index (χ3v) is 6.05. The largest absolute Gasteiger partial charge is 0.378 e. The van der Waals surface area contributed by atoms with Crippen LogP contribution in [0.25, 0.3) is 0 Å². The van der Waals surface area contributed by atoms with Gasteiger partial charge >= 0.3 is 0 Å². The summed E-state index contributed by atoms with van der Waals surface area (Å²) < 4.78 is 14.2. The van der Waals surface area contributed by atoms with Gasteiger partial charge in [0.15, 0.2) is 0 Å². The third-order valence-electron chi connectivity index (χ3n) is 5.74. The Kier molecular flexibility index (Phi) is 6.14. The molecular formula is C25H25ClFN3O. The lowest BCUT2D eigenvalue weighted by Gasteiger charge is -2.31. The first-order valence-electron chi connectivity index (χ1n) is 10.3. The number of carbonyl (C=O) groups is 1. The van der Waals surface area contributed by atoms with E-state index in [4.69, 9.17) is 11.6 Å². The Morgan fingerprint density at radius 1 is 1.10 bits per heavy atom. The van der Waals surface area contributed by atoms with Gasteiger partial charge in [0.1, 0.15) is 5.82 Å². The number of halogens is 2. The fourth-order valence-electron chi connectivity index (χ4n) is 4.08. The van der Waals surface area contributed by atoms with Gasteiger partial charge in [-0.25, -0.2) is 4.39 Å². The molecule has 4 rings (SSSR count). The zero-order valence-corrected chi connectivity index (χ0v) is 18.4. The minimum absolute atomic E-state index is 0.0886. The second-order valence-corrected chi connectivity index (χ2v) is 8.29. The highest BCUT2D eigenvalue weighted by Crippen LogP contribution is 2.35. The molecule has 0 fully saturated rings. The maximum atomic E-state index is 14.2. The Hall–Kier alpha value is -3.05. The van der Waals surface area contributed by atoms with Gasteiger partial charge in [-0.05, 0) is 47.9 Å². The number of benzene rings is 3. The highest BCUT2D eigenvalue weighted by atomic mass is 35.5. The molecule has 31 heavy (non-hydrogen) atoms. The van der Waals surface area contributed by atoms with Crippen LogP contribution in [-0.4, -0.2) is 33.1 Å². The first kappa shape index (κ1) is 21.2. The summed E-state index contributed by atoms with van der Waals surface area (Å²) >= 11 is 6.08. The number of fused-ring (bicyclic) bond motifs is 1. The molecule has 0 saturated heterocycles. The number of amides is 1. The normalized spacial score (nSPS) is 13.6. The molecule has 1 aliphatic rings. The monoisotopic (exact) mass is 437 g/mol. The van der Waals surface area contributed by atoms with Crippen LogP contribution in [0, 0.1) is 5.82 Å². The lowest BCUT2D eigenvalue weighted by Crippen LogP contribution is -2.37. The van der Waals surface area contributed by atoms with E-state index in [-0.39, 0.29) is 16.6 Å². The smallest absolute Gasteiger partial charge is 0.255 e. The van der Waals surface area contributed by atoms with E-state index in [1.54, 1.807) is 0 Å². The minimum atomic E-state index is -0.622. The second-order valence-electron chi connectivity index (χ2n) is 7.88. The molecule has 1 unspecified atom stereocenters. The molecule has 1 amide bonds. The molecule has 3 aromatic carbocycles. The molecule has 0 saturated carbocycles. The molecule has 1 atom stereocenters. The zero-order chi connectivity index (χ0) is 22.0. The average molecular weight is 438 g/mol. The lowest BCUT2D eigenvalue weighted by molar-refractivity contribution is 0.0947. The van der Waals surface area contributed by atoms with Crippen molar-refractivity contribution >= 4 is 28.9 Å². The Morgan fingerprint density at radius 2 is 1.84 bits per heavy atom. The Bertz CT molecular complexity index is 1060. The van der Waals surface area contributed by atoms with Gasteiger partial charge in [-0.3, -0.25) is 4.79 Å². The zero-order valence-electron chi connectivity index (χ0n) is 17.6. The number of carbonyl (C=O) groups excluding carboxylic acids is 1. The fraction of sp³-hybridized carbons (Fsp3) is 0.240. The van der Waals surface area contributed by atoms with Crippen molar-refractivity contribution in [1.82, 2.24) is 5.32 Å². The van der Waals surface area contributed by atoms with E-state index < -0.39 is 11.7 Å². The predicted octanol–water partition coefficient (Wildman–Crippen LogP) is 5.08. The summed E-state index contributed by atoms with van der Waals surface area (Å²) in [5.41, 5.74) is 4.53. The van der Waals surface area contributed by atoms with Gasteiger partial charge < -0.3 is 15.1 Å². The number of hydrogen-bond donors (Lipinski definition) is 1. The van der Waals surface area contributed by atoms with Crippen molar-refractivity contribution in [3.8, 4) is 0 Å². The van der Waals surface area contributed by atoms with Crippen LogP contribution >= 0.6 is 11.6 Å². The van der Waals surface area contributed by atoms with Crippen LogP contribution in [0.2, 0.25) is 5.02 Å². The van der Waals surface area contributed by atoms with Crippen molar-refractivity contribution in [2.45, 2.75) is 12.5 Å². The summed E-state index contributed by atoms with van der Waals surface area (Å²) in [6.07, 6.45) is 0.954. The first-order chi connectivity index (χ1) is 15.0. The van der Waals surface area contributed by atoms with Crippen molar-refractivity contribution < 1.29 is 9.18 Å². The van der Waals surface area contributed by atoms with Gasteiger partial charge in [-0.15, -0.1) is 0 Å². The average Bonchev–Trinajstić information content (AvgIpc) is 3.18. The molecular weight excluding hydrogens is 413 g/mol. The summed E-state index contributed by atoms with van der Waals surface area (Å²) in [4.78, 5) is 17.1. The molecule has 4 nitrogen and oxygen atoms in total. The van der Waals surface area contributed by atoms with Crippen LogP contribution in [0.5, 0.6) is 0 Å². The number of nitrogens with zero attached hydrogens (tertiary/aromatic N) is 2. The predicted molar refractivity (Wildman–Crippen MR) is 125 cm³/mol. The van der Waals surface area contributed by atoms with E-state index in [0.717, 1.165) is 24.2 Å². The molecule has 1 aliphatic heterocycles. The van der Waals surface area contributed by atoms with Crippen LogP contribution < -0.4 is 15.1 Å². The van der Waals surface area contributed by atoms with Crippen molar-refractivity contribution in [1.29, 1.82) is 0 Å². The Morgan fingerprint density at radius 3 is 2.55 bits per heavy atom. The van der Waals surface area contributed by atoms with Gasteiger partial charge in [-0.1, -0.05) is 48.0 Å². The summed E-state index contributed by atoms with van der Waals surface area (Å²) in [5.74, 6) is -1.13. The van der Waals surface area contributed by atoms with Crippen LogP contribution in [-0.2, 0) is 6.42 Å². The van der Waals surface area contributed by atoms with Gasteiger partial charge in [0.05, 0.1) is 16.6 Å². The molecule has 0 radical (unpaired) electrons. The van der Waals surface area contributed by atoms with Crippen molar-refractivity contribution in [3.05, 3.63) is 94.3 Å². The van der Waals surface area contributed by atoms with Crippen molar-refractivity contribution in [2.24, 2.45) is 0 Å². The maximum absolute atomic E-state index is 14.2. The quantitative estimate of drug-likeness (QED) is 0.584. The standard InChI is InChI=1S/C25H25ClFN3O/c1-29(2)19-12-10-18(11-13-19)23(30-15-14-17-6-3-4-9-22(17)30)16-28-25(31)24-20(26)7-5-8-21(24)27/h3-13,23H,14-16H2,1-2H3,(H,28,31). The number of hydrogen-bond acceptors (Lipinski definition) is 3. The number of nitrogens with one attached hydrogen (secondary N) is 1. The van der Waals surface area contributed by atoms with Crippen molar-refractivity contribution in [3.63, 3.8) is 0 Å². The van der Waals surface area contributed by atoms with Gasteiger partial charge in [0.25, 0.3) is 5.91 Å². The Balaban J connectivity index is 1.62. The molecule has 0 spiro atoms. The minimum Gasteiger partial charge on any atom is -0.378 e. The highest BCUT2D eigenvalue weighted by molar-refractivity contribution is 6.33. The maximum Gasteiger partial charge on any atom is 0.255 e. The summed E-state index contributed by atoms with van der Waals surface area (Å²) in [6.45, 7) is 1.19.